The Morgan fingerprint density at radius 3 is 2.23 bits per heavy atom. The van der Waals surface area contributed by atoms with Crippen molar-refractivity contribution in [1.82, 2.24) is 25.4 Å². The number of H-pyrrole nitrogens is 1. The van der Waals surface area contributed by atoms with Crippen LogP contribution in [0, 0.1) is 0 Å². The van der Waals surface area contributed by atoms with Crippen LogP contribution in [0.5, 0.6) is 0 Å². The first-order chi connectivity index (χ1) is 17.0. The van der Waals surface area contributed by atoms with Gasteiger partial charge in [0.2, 0.25) is 5.91 Å². The number of benzene rings is 2. The number of carbonyl (C=O) groups is 3. The van der Waals surface area contributed by atoms with Gasteiger partial charge in [-0.2, -0.15) is 0 Å². The number of urea groups is 1. The number of amides is 4. The maximum Gasteiger partial charge on any atom is 0.315 e. The van der Waals surface area contributed by atoms with Crippen molar-refractivity contribution in [2.75, 3.05) is 26.2 Å². The number of aromatic nitrogens is 1. The predicted molar refractivity (Wildman–Crippen MR) is 134 cm³/mol. The second-order valence-corrected chi connectivity index (χ2v) is 9.44. The first-order valence-electron chi connectivity index (χ1n) is 12.3. The zero-order valence-corrected chi connectivity index (χ0v) is 19.8. The Morgan fingerprint density at radius 2 is 1.51 bits per heavy atom. The summed E-state index contributed by atoms with van der Waals surface area (Å²) in [4.78, 5) is 46.1. The van der Waals surface area contributed by atoms with Gasteiger partial charge in [0.15, 0.2) is 0 Å². The third kappa shape index (κ3) is 4.87. The van der Waals surface area contributed by atoms with Crippen molar-refractivity contribution >= 4 is 28.7 Å². The zero-order chi connectivity index (χ0) is 24.3. The predicted octanol–water partition coefficient (Wildman–Crippen LogP) is 3.26. The van der Waals surface area contributed by atoms with E-state index in [2.05, 4.69) is 15.6 Å². The lowest BCUT2D eigenvalue weighted by Crippen LogP contribution is -2.62. The molecule has 2 aromatic carbocycles. The van der Waals surface area contributed by atoms with Gasteiger partial charge in [0.25, 0.3) is 5.91 Å². The van der Waals surface area contributed by atoms with Gasteiger partial charge in [0.1, 0.15) is 11.2 Å². The molecule has 1 saturated carbocycles. The van der Waals surface area contributed by atoms with Crippen molar-refractivity contribution in [2.24, 2.45) is 0 Å². The fraction of sp³-hybridized carbons (Fsp3) is 0.370. The maximum absolute atomic E-state index is 13.6. The first-order valence-corrected chi connectivity index (χ1v) is 12.3. The highest BCUT2D eigenvalue weighted by Gasteiger charge is 2.45. The second kappa shape index (κ2) is 9.82. The monoisotopic (exact) mass is 473 g/mol. The van der Waals surface area contributed by atoms with Gasteiger partial charge < -0.3 is 25.4 Å². The highest BCUT2D eigenvalue weighted by Crippen LogP contribution is 2.32. The van der Waals surface area contributed by atoms with E-state index in [1.54, 1.807) is 9.80 Å². The van der Waals surface area contributed by atoms with Gasteiger partial charge in [-0.3, -0.25) is 9.59 Å². The Hall–Kier alpha value is -3.81. The number of nitrogens with one attached hydrogen (secondary N) is 3. The number of carbonyl (C=O) groups excluding carboxylic acids is 3. The van der Waals surface area contributed by atoms with Crippen molar-refractivity contribution in [3.05, 3.63) is 71.9 Å². The van der Waals surface area contributed by atoms with Crippen LogP contribution in [0.1, 0.15) is 41.7 Å². The van der Waals surface area contributed by atoms with Gasteiger partial charge in [-0.25, -0.2) is 4.79 Å². The summed E-state index contributed by atoms with van der Waals surface area (Å²) in [5, 5.41) is 6.89. The van der Waals surface area contributed by atoms with E-state index < -0.39 is 5.54 Å². The van der Waals surface area contributed by atoms with Gasteiger partial charge in [0.05, 0.1) is 0 Å². The van der Waals surface area contributed by atoms with Gasteiger partial charge in [-0.1, -0.05) is 61.4 Å². The Labute approximate surface area is 204 Å². The fourth-order valence-corrected chi connectivity index (χ4v) is 5.18. The average molecular weight is 474 g/mol. The van der Waals surface area contributed by atoms with Crippen molar-refractivity contribution in [2.45, 2.75) is 37.8 Å². The molecule has 0 unspecified atom stereocenters. The minimum atomic E-state index is -0.871. The second-order valence-electron chi connectivity index (χ2n) is 9.44. The smallest absolute Gasteiger partial charge is 0.315 e. The molecule has 1 aliphatic heterocycles. The average Bonchev–Trinajstić information content (AvgIpc) is 3.55. The van der Waals surface area contributed by atoms with Crippen LogP contribution in [0.15, 0.2) is 60.7 Å². The van der Waals surface area contributed by atoms with Crippen molar-refractivity contribution in [1.29, 1.82) is 0 Å². The highest BCUT2D eigenvalue weighted by molar-refractivity contribution is 5.98. The Morgan fingerprint density at radius 1 is 0.857 bits per heavy atom. The lowest BCUT2D eigenvalue weighted by atomic mass is 9.95. The molecule has 0 spiro atoms. The van der Waals surface area contributed by atoms with E-state index in [4.69, 9.17) is 0 Å². The molecule has 1 aromatic heterocycles. The molecule has 0 bridgehead atoms. The summed E-state index contributed by atoms with van der Waals surface area (Å²) < 4.78 is 0. The molecule has 0 atom stereocenters. The van der Waals surface area contributed by atoms with E-state index in [0.29, 0.717) is 51.3 Å². The van der Waals surface area contributed by atoms with Crippen molar-refractivity contribution < 1.29 is 14.4 Å². The molecule has 3 aromatic rings. The molecule has 2 fully saturated rings. The summed E-state index contributed by atoms with van der Waals surface area (Å²) in [6.45, 7) is 2.26. The van der Waals surface area contributed by atoms with E-state index in [-0.39, 0.29) is 17.8 Å². The van der Waals surface area contributed by atoms with E-state index in [1.165, 1.54) is 0 Å². The number of rotatable bonds is 5. The van der Waals surface area contributed by atoms with Crippen LogP contribution >= 0.6 is 0 Å². The maximum atomic E-state index is 13.6. The summed E-state index contributed by atoms with van der Waals surface area (Å²) >= 11 is 0. The van der Waals surface area contributed by atoms with Gasteiger partial charge >= 0.3 is 6.03 Å². The van der Waals surface area contributed by atoms with Crippen LogP contribution in [0.4, 0.5) is 4.79 Å². The van der Waals surface area contributed by atoms with Crippen LogP contribution in [-0.2, 0) is 11.3 Å². The number of nitrogens with zero attached hydrogens (tertiary/aromatic N) is 2. The minimum absolute atomic E-state index is 0.0393. The van der Waals surface area contributed by atoms with E-state index in [1.807, 2.05) is 60.7 Å². The Kier molecular flexibility index (Phi) is 6.44. The molecule has 8 heteroatoms. The highest BCUT2D eigenvalue weighted by atomic mass is 16.2. The summed E-state index contributed by atoms with van der Waals surface area (Å²) in [7, 11) is 0. The number of hydrogen-bond acceptors (Lipinski definition) is 3. The topological polar surface area (TPSA) is 97.5 Å². The van der Waals surface area contributed by atoms with Crippen molar-refractivity contribution in [3.8, 4) is 0 Å². The summed E-state index contributed by atoms with van der Waals surface area (Å²) in [6, 6.07) is 19.1. The molecule has 35 heavy (non-hydrogen) atoms. The normalized spacial score (nSPS) is 17.4. The summed E-state index contributed by atoms with van der Waals surface area (Å²) in [5.74, 6) is -0.0927. The number of para-hydroxylation sites is 1. The largest absolute Gasteiger partial charge is 0.351 e. The molecule has 1 aliphatic carbocycles. The molecule has 2 aliphatic rings. The van der Waals surface area contributed by atoms with Crippen LogP contribution in [0.25, 0.3) is 10.9 Å². The molecule has 182 valence electrons. The van der Waals surface area contributed by atoms with E-state index >= 15 is 0 Å². The summed E-state index contributed by atoms with van der Waals surface area (Å²) in [6.07, 6.45) is 3.09. The van der Waals surface area contributed by atoms with Crippen LogP contribution in [-0.4, -0.2) is 64.3 Å². The molecule has 8 nitrogen and oxygen atoms in total. The molecule has 4 amide bonds. The number of aromatic amines is 1. The third-order valence-corrected chi connectivity index (χ3v) is 7.13. The molecular weight excluding hydrogens is 442 g/mol. The lowest BCUT2D eigenvalue weighted by molar-refractivity contribution is -0.139. The fourth-order valence-electron chi connectivity index (χ4n) is 5.18. The molecular formula is C27H31N5O3. The summed E-state index contributed by atoms with van der Waals surface area (Å²) in [5.41, 5.74) is 1.63. The SMILES string of the molecule is O=C(NCc1ccccc1)NC1(C(=O)N2CCN(C(=O)c3cc4ccccc4[nH]3)CC2)CCCC1. The Balaban J connectivity index is 1.19. The lowest BCUT2D eigenvalue weighted by Gasteiger charge is -2.40. The molecule has 5 rings (SSSR count). The Bertz CT molecular complexity index is 1170. The van der Waals surface area contributed by atoms with Gasteiger partial charge in [0, 0.05) is 43.6 Å². The van der Waals surface area contributed by atoms with Gasteiger partial charge in [-0.05, 0) is 30.5 Å². The number of fused-ring (bicyclic) bond motifs is 1. The quantitative estimate of drug-likeness (QED) is 0.531. The van der Waals surface area contributed by atoms with Crippen LogP contribution < -0.4 is 10.6 Å². The number of hydrogen-bond donors (Lipinski definition) is 3. The van der Waals surface area contributed by atoms with Crippen LogP contribution in [0.3, 0.4) is 0 Å². The first kappa shape index (κ1) is 23.0. The molecule has 1 saturated heterocycles. The standard InChI is InChI=1S/C27H31N5O3/c33-24(23-18-21-10-4-5-11-22(21)29-23)31-14-16-32(17-15-31)25(34)27(12-6-7-13-27)30-26(35)28-19-20-8-2-1-3-9-20/h1-5,8-11,18,29H,6-7,12-17,19H2,(H2,28,30,35). The molecule has 0 radical (unpaired) electrons. The van der Waals surface area contributed by atoms with E-state index in [0.717, 1.165) is 29.3 Å². The van der Waals surface area contributed by atoms with Crippen molar-refractivity contribution in [3.63, 3.8) is 0 Å². The number of piperazine rings is 1. The van der Waals surface area contributed by atoms with Crippen LogP contribution in [0.2, 0.25) is 0 Å². The van der Waals surface area contributed by atoms with E-state index in [9.17, 15) is 14.4 Å². The zero-order valence-electron chi connectivity index (χ0n) is 19.8. The molecule has 3 N–H and O–H groups in total. The minimum Gasteiger partial charge on any atom is -0.351 e. The van der Waals surface area contributed by atoms with Gasteiger partial charge in [-0.15, -0.1) is 0 Å². The molecule has 2 heterocycles. The third-order valence-electron chi connectivity index (χ3n) is 7.13.